The summed E-state index contributed by atoms with van der Waals surface area (Å²) in [5, 5.41) is 0. The van der Waals surface area contributed by atoms with Crippen molar-refractivity contribution in [1.82, 2.24) is 5.43 Å². The fraction of sp³-hybridized carbons (Fsp3) is 0.800. The van der Waals surface area contributed by atoms with Crippen molar-refractivity contribution < 1.29 is 14.6 Å². The molecule has 0 aromatic carbocycles. The molecule has 5 nitrogen and oxygen atoms in total. The second-order valence-corrected chi connectivity index (χ2v) is 2.10. The van der Waals surface area contributed by atoms with E-state index in [-0.39, 0.29) is 11.8 Å². The molecule has 1 aliphatic rings. The Kier molecular flexibility index (Phi) is 2.61. The molecule has 1 heterocycles. The van der Waals surface area contributed by atoms with Gasteiger partial charge < -0.3 is 0 Å². The first-order valence-electron chi connectivity index (χ1n) is 3.09. The number of amides is 1. The summed E-state index contributed by atoms with van der Waals surface area (Å²) in [5.74, 6) is 4.56. The van der Waals surface area contributed by atoms with Crippen LogP contribution in [0.15, 0.2) is 0 Å². The van der Waals surface area contributed by atoms with Gasteiger partial charge in [-0.3, -0.25) is 10.2 Å². The van der Waals surface area contributed by atoms with E-state index in [0.29, 0.717) is 19.6 Å². The van der Waals surface area contributed by atoms with Gasteiger partial charge in [0.05, 0.1) is 19.1 Å². The number of rotatable bonds is 1. The number of nitrogens with two attached hydrogens (primary N) is 1. The van der Waals surface area contributed by atoms with Crippen LogP contribution < -0.4 is 11.3 Å². The molecule has 0 bridgehead atoms. The molecule has 1 atom stereocenters. The molecule has 5 heteroatoms. The second-order valence-electron chi connectivity index (χ2n) is 2.10. The Balaban J connectivity index is 2.31. The van der Waals surface area contributed by atoms with E-state index >= 15 is 0 Å². The van der Waals surface area contributed by atoms with Gasteiger partial charge in [-0.2, -0.15) is 0 Å². The zero-order valence-corrected chi connectivity index (χ0v) is 5.50. The van der Waals surface area contributed by atoms with E-state index in [2.05, 4.69) is 15.2 Å². The van der Waals surface area contributed by atoms with E-state index in [1.54, 1.807) is 0 Å². The Bertz CT molecular complexity index is 122. The van der Waals surface area contributed by atoms with E-state index < -0.39 is 0 Å². The van der Waals surface area contributed by atoms with Crippen molar-refractivity contribution in [2.75, 3.05) is 13.2 Å². The van der Waals surface area contributed by atoms with Crippen molar-refractivity contribution in [2.45, 2.75) is 6.42 Å². The van der Waals surface area contributed by atoms with Crippen molar-refractivity contribution in [1.29, 1.82) is 0 Å². The minimum Gasteiger partial charge on any atom is -0.294 e. The van der Waals surface area contributed by atoms with Gasteiger partial charge in [-0.25, -0.2) is 15.6 Å². The third kappa shape index (κ3) is 1.66. The van der Waals surface area contributed by atoms with Crippen molar-refractivity contribution in [3.05, 3.63) is 0 Å². The molecule has 1 fully saturated rings. The number of carbonyl (C=O) groups is 1. The summed E-state index contributed by atoms with van der Waals surface area (Å²) in [6, 6.07) is 0. The molecule has 58 valence electrons. The number of carbonyl (C=O) groups excluding carboxylic acids is 1. The van der Waals surface area contributed by atoms with Gasteiger partial charge in [-0.15, -0.1) is 0 Å². The lowest BCUT2D eigenvalue weighted by Crippen LogP contribution is -2.39. The molecule has 0 radical (unpaired) electrons. The Hall–Kier alpha value is -0.650. The molecule has 1 amide bonds. The van der Waals surface area contributed by atoms with E-state index in [4.69, 9.17) is 5.84 Å². The van der Waals surface area contributed by atoms with Crippen LogP contribution in [0.1, 0.15) is 6.42 Å². The Morgan fingerprint density at radius 2 is 2.40 bits per heavy atom. The van der Waals surface area contributed by atoms with E-state index in [1.807, 2.05) is 0 Å². The summed E-state index contributed by atoms with van der Waals surface area (Å²) in [6.07, 6.45) is 0.670. The number of hydrogen-bond acceptors (Lipinski definition) is 4. The van der Waals surface area contributed by atoms with Crippen LogP contribution in [0.3, 0.4) is 0 Å². The maximum atomic E-state index is 10.8. The minimum atomic E-state index is -0.191. The molecule has 0 aliphatic carbocycles. The van der Waals surface area contributed by atoms with E-state index in [9.17, 15) is 4.79 Å². The highest BCUT2D eigenvalue weighted by molar-refractivity contribution is 5.78. The van der Waals surface area contributed by atoms with Crippen LogP contribution in [0.2, 0.25) is 0 Å². The molecule has 1 rings (SSSR count). The van der Waals surface area contributed by atoms with Crippen LogP contribution >= 0.6 is 0 Å². The van der Waals surface area contributed by atoms with Crippen molar-refractivity contribution in [3.63, 3.8) is 0 Å². The minimum absolute atomic E-state index is 0.154. The van der Waals surface area contributed by atoms with Crippen LogP contribution in [0.5, 0.6) is 0 Å². The largest absolute Gasteiger partial charge is 0.294 e. The summed E-state index contributed by atoms with van der Waals surface area (Å²) >= 11 is 0. The fourth-order valence-corrected chi connectivity index (χ4v) is 0.788. The van der Waals surface area contributed by atoms with E-state index in [0.717, 1.165) is 0 Å². The topological polar surface area (TPSA) is 73.6 Å². The van der Waals surface area contributed by atoms with Gasteiger partial charge in [0.1, 0.15) is 0 Å². The predicted octanol–water partition coefficient (Wildman–Crippen LogP) is -1.06. The van der Waals surface area contributed by atoms with Gasteiger partial charge in [0.15, 0.2) is 0 Å². The molecular weight excluding hydrogens is 136 g/mol. The van der Waals surface area contributed by atoms with Gasteiger partial charge in [0.2, 0.25) is 5.91 Å². The van der Waals surface area contributed by atoms with Crippen molar-refractivity contribution >= 4 is 5.91 Å². The lowest BCUT2D eigenvalue weighted by molar-refractivity contribution is -0.321. The van der Waals surface area contributed by atoms with Gasteiger partial charge in [0.25, 0.3) is 0 Å². The zero-order chi connectivity index (χ0) is 7.40. The normalized spacial score (nSPS) is 25.9. The molecular formula is C5H10N2O3. The summed E-state index contributed by atoms with van der Waals surface area (Å²) in [6.45, 7) is 0.751. The van der Waals surface area contributed by atoms with Gasteiger partial charge in [-0.05, 0) is 6.42 Å². The van der Waals surface area contributed by atoms with Gasteiger partial charge >= 0.3 is 0 Å². The highest BCUT2D eigenvalue weighted by Crippen LogP contribution is 2.09. The summed E-state index contributed by atoms with van der Waals surface area (Å²) in [7, 11) is 0. The molecule has 1 unspecified atom stereocenters. The zero-order valence-electron chi connectivity index (χ0n) is 5.50. The van der Waals surface area contributed by atoms with Crippen molar-refractivity contribution in [3.8, 4) is 0 Å². The number of nitrogens with one attached hydrogen (secondary N) is 1. The third-order valence-electron chi connectivity index (χ3n) is 1.42. The molecule has 3 N–H and O–H groups in total. The molecule has 10 heavy (non-hydrogen) atoms. The summed E-state index contributed by atoms with van der Waals surface area (Å²) in [4.78, 5) is 20.0. The predicted molar refractivity (Wildman–Crippen MR) is 32.3 cm³/mol. The van der Waals surface area contributed by atoms with Crippen LogP contribution in [0.4, 0.5) is 0 Å². The SMILES string of the molecule is NNC(=O)C1CCOOC1. The molecule has 0 aromatic heterocycles. The van der Waals surface area contributed by atoms with Crippen molar-refractivity contribution in [2.24, 2.45) is 11.8 Å². The number of hydrogen-bond donors (Lipinski definition) is 2. The first-order valence-corrected chi connectivity index (χ1v) is 3.09. The van der Waals surface area contributed by atoms with Gasteiger partial charge in [-0.1, -0.05) is 0 Å². The molecule has 0 aromatic rings. The second kappa shape index (κ2) is 3.50. The Morgan fingerprint density at radius 3 is 2.90 bits per heavy atom. The lowest BCUT2D eigenvalue weighted by atomic mass is 10.1. The maximum Gasteiger partial charge on any atom is 0.239 e. The average molecular weight is 146 g/mol. The van der Waals surface area contributed by atoms with Gasteiger partial charge in [0, 0.05) is 0 Å². The monoisotopic (exact) mass is 146 g/mol. The quantitative estimate of drug-likeness (QED) is 0.214. The summed E-state index contributed by atoms with van der Waals surface area (Å²) < 4.78 is 0. The molecule has 1 aliphatic heterocycles. The maximum absolute atomic E-state index is 10.8. The van der Waals surface area contributed by atoms with Crippen LogP contribution in [0, 0.1) is 5.92 Å². The Morgan fingerprint density at radius 1 is 1.60 bits per heavy atom. The highest BCUT2D eigenvalue weighted by atomic mass is 17.2. The van der Waals surface area contributed by atoms with Crippen LogP contribution in [0.25, 0.3) is 0 Å². The van der Waals surface area contributed by atoms with E-state index in [1.165, 1.54) is 0 Å². The average Bonchev–Trinajstić information content (AvgIpc) is 2.05. The van der Waals surface area contributed by atoms with Crippen LogP contribution in [-0.4, -0.2) is 19.1 Å². The smallest absolute Gasteiger partial charge is 0.239 e. The molecule has 0 spiro atoms. The number of hydrazine groups is 1. The third-order valence-corrected chi connectivity index (χ3v) is 1.42. The lowest BCUT2D eigenvalue weighted by Gasteiger charge is -2.18. The highest BCUT2D eigenvalue weighted by Gasteiger charge is 2.21. The standard InChI is InChI=1S/C5H10N2O3/c6-7-5(8)4-1-2-9-10-3-4/h4H,1-3,6H2,(H,7,8). The fourth-order valence-electron chi connectivity index (χ4n) is 0.788. The molecule has 1 saturated heterocycles. The Labute approximate surface area is 58.4 Å². The summed E-state index contributed by atoms with van der Waals surface area (Å²) in [5.41, 5.74) is 2.06. The first kappa shape index (κ1) is 7.46. The first-order chi connectivity index (χ1) is 4.84. The molecule has 0 saturated carbocycles. The van der Waals surface area contributed by atoms with Crippen LogP contribution in [-0.2, 0) is 14.6 Å².